The molecule has 0 heterocycles. The number of rotatable bonds is 1. The molecule has 0 saturated heterocycles. The van der Waals surface area contributed by atoms with Gasteiger partial charge in [0.2, 0.25) is 0 Å². The van der Waals surface area contributed by atoms with E-state index in [2.05, 4.69) is 0 Å². The standard InChI is InChI=1S/C8H6FNO/c9-7-2-1-6(3-4-10)8(11)5-7/h1-2,5,11H,3H2. The van der Waals surface area contributed by atoms with Crippen molar-refractivity contribution >= 4 is 0 Å². The van der Waals surface area contributed by atoms with Crippen LogP contribution in [-0.2, 0) is 6.42 Å². The van der Waals surface area contributed by atoms with Gasteiger partial charge in [0.25, 0.3) is 0 Å². The first-order chi connectivity index (χ1) is 5.24. The summed E-state index contributed by atoms with van der Waals surface area (Å²) in [7, 11) is 0. The zero-order valence-electron chi connectivity index (χ0n) is 5.71. The zero-order chi connectivity index (χ0) is 8.27. The van der Waals surface area contributed by atoms with Gasteiger partial charge in [-0.25, -0.2) is 4.39 Å². The Balaban J connectivity index is 3.01. The Kier molecular flexibility index (Phi) is 2.07. The van der Waals surface area contributed by atoms with Crippen molar-refractivity contribution in [2.24, 2.45) is 0 Å². The first-order valence-electron chi connectivity index (χ1n) is 3.08. The summed E-state index contributed by atoms with van der Waals surface area (Å²) in [6, 6.07) is 5.47. The van der Waals surface area contributed by atoms with E-state index >= 15 is 0 Å². The fraction of sp³-hybridized carbons (Fsp3) is 0.125. The molecule has 0 atom stereocenters. The van der Waals surface area contributed by atoms with Gasteiger partial charge in [-0.2, -0.15) is 5.26 Å². The maximum absolute atomic E-state index is 12.3. The summed E-state index contributed by atoms with van der Waals surface area (Å²) in [5, 5.41) is 17.3. The van der Waals surface area contributed by atoms with Gasteiger partial charge in [0, 0.05) is 11.6 Å². The Morgan fingerprint density at radius 1 is 1.55 bits per heavy atom. The molecule has 0 aliphatic rings. The minimum Gasteiger partial charge on any atom is -0.508 e. The molecule has 0 fully saturated rings. The lowest BCUT2D eigenvalue weighted by atomic mass is 10.1. The molecular formula is C8H6FNO. The van der Waals surface area contributed by atoms with E-state index < -0.39 is 5.82 Å². The average Bonchev–Trinajstić information content (AvgIpc) is 1.95. The molecule has 2 nitrogen and oxygen atoms in total. The smallest absolute Gasteiger partial charge is 0.126 e. The van der Waals surface area contributed by atoms with Crippen LogP contribution in [0.5, 0.6) is 5.75 Å². The Hall–Kier alpha value is -1.56. The van der Waals surface area contributed by atoms with E-state index in [4.69, 9.17) is 10.4 Å². The topological polar surface area (TPSA) is 44.0 Å². The van der Waals surface area contributed by atoms with Crippen LogP contribution in [-0.4, -0.2) is 5.11 Å². The fourth-order valence-electron chi connectivity index (χ4n) is 0.772. The molecule has 0 saturated carbocycles. The molecule has 0 radical (unpaired) electrons. The molecule has 0 bridgehead atoms. The molecule has 0 spiro atoms. The number of phenolic OH excluding ortho intramolecular Hbond substituents is 1. The molecule has 0 unspecified atom stereocenters. The molecule has 1 aromatic carbocycles. The van der Waals surface area contributed by atoms with Crippen LogP contribution in [0.3, 0.4) is 0 Å². The number of nitriles is 1. The number of hydrogen-bond donors (Lipinski definition) is 1. The lowest BCUT2D eigenvalue weighted by Gasteiger charge is -1.97. The van der Waals surface area contributed by atoms with E-state index in [1.807, 2.05) is 6.07 Å². The Labute approximate surface area is 63.5 Å². The van der Waals surface area contributed by atoms with Crippen molar-refractivity contribution in [2.75, 3.05) is 0 Å². The number of hydrogen-bond acceptors (Lipinski definition) is 2. The predicted molar refractivity (Wildman–Crippen MR) is 37.4 cm³/mol. The maximum Gasteiger partial charge on any atom is 0.126 e. The van der Waals surface area contributed by atoms with Crippen LogP contribution in [0.2, 0.25) is 0 Å². The first kappa shape index (κ1) is 7.55. The van der Waals surface area contributed by atoms with Crippen LogP contribution in [0.25, 0.3) is 0 Å². The highest BCUT2D eigenvalue weighted by Crippen LogP contribution is 2.17. The monoisotopic (exact) mass is 151 g/mol. The zero-order valence-corrected chi connectivity index (χ0v) is 5.71. The van der Waals surface area contributed by atoms with Crippen molar-refractivity contribution in [1.82, 2.24) is 0 Å². The van der Waals surface area contributed by atoms with Crippen molar-refractivity contribution in [3.05, 3.63) is 29.6 Å². The van der Waals surface area contributed by atoms with Crippen LogP contribution in [0.4, 0.5) is 4.39 Å². The SMILES string of the molecule is N#CCc1ccc(F)cc1O. The molecule has 1 aromatic rings. The first-order valence-corrected chi connectivity index (χ1v) is 3.08. The van der Waals surface area contributed by atoms with Crippen LogP contribution < -0.4 is 0 Å². The highest BCUT2D eigenvalue weighted by Gasteiger charge is 2.00. The number of nitrogens with zero attached hydrogens (tertiary/aromatic N) is 1. The lowest BCUT2D eigenvalue weighted by Crippen LogP contribution is -1.83. The number of benzene rings is 1. The van der Waals surface area contributed by atoms with Gasteiger partial charge < -0.3 is 5.11 Å². The van der Waals surface area contributed by atoms with Crippen molar-refractivity contribution in [1.29, 1.82) is 5.26 Å². The summed E-state index contributed by atoms with van der Waals surface area (Å²) in [5.41, 5.74) is 0.453. The molecule has 0 aromatic heterocycles. The largest absolute Gasteiger partial charge is 0.508 e. The third-order valence-electron chi connectivity index (χ3n) is 1.32. The molecule has 0 amide bonds. The third kappa shape index (κ3) is 1.68. The maximum atomic E-state index is 12.3. The van der Waals surface area contributed by atoms with E-state index in [1.54, 1.807) is 0 Å². The fourth-order valence-corrected chi connectivity index (χ4v) is 0.772. The van der Waals surface area contributed by atoms with Crippen molar-refractivity contribution < 1.29 is 9.50 Å². The van der Waals surface area contributed by atoms with Gasteiger partial charge in [0.1, 0.15) is 11.6 Å². The second-order valence-corrected chi connectivity index (χ2v) is 2.11. The van der Waals surface area contributed by atoms with E-state index in [1.165, 1.54) is 12.1 Å². The lowest BCUT2D eigenvalue weighted by molar-refractivity contribution is 0.463. The van der Waals surface area contributed by atoms with E-state index in [9.17, 15) is 4.39 Å². The van der Waals surface area contributed by atoms with Crippen molar-refractivity contribution in [3.63, 3.8) is 0 Å². The molecular weight excluding hydrogens is 145 g/mol. The average molecular weight is 151 g/mol. The van der Waals surface area contributed by atoms with Crippen molar-refractivity contribution in [3.8, 4) is 11.8 Å². The van der Waals surface area contributed by atoms with Gasteiger partial charge in [0.15, 0.2) is 0 Å². The highest BCUT2D eigenvalue weighted by molar-refractivity contribution is 5.34. The summed E-state index contributed by atoms with van der Waals surface area (Å²) < 4.78 is 12.3. The van der Waals surface area contributed by atoms with Crippen LogP contribution >= 0.6 is 0 Å². The van der Waals surface area contributed by atoms with Crippen LogP contribution in [0.15, 0.2) is 18.2 Å². The second kappa shape index (κ2) is 3.02. The molecule has 1 N–H and O–H groups in total. The Morgan fingerprint density at radius 3 is 2.82 bits per heavy atom. The summed E-state index contributed by atoms with van der Waals surface area (Å²) in [6.45, 7) is 0. The van der Waals surface area contributed by atoms with E-state index in [0.717, 1.165) is 6.07 Å². The van der Waals surface area contributed by atoms with Gasteiger partial charge in [-0.3, -0.25) is 0 Å². The minimum atomic E-state index is -0.496. The normalized spacial score (nSPS) is 9.09. The van der Waals surface area contributed by atoms with Crippen LogP contribution in [0, 0.1) is 17.1 Å². The van der Waals surface area contributed by atoms with Gasteiger partial charge >= 0.3 is 0 Å². The number of aromatic hydroxyl groups is 1. The molecule has 1 rings (SSSR count). The molecule has 0 aliphatic carbocycles. The molecule has 56 valence electrons. The Morgan fingerprint density at radius 2 is 2.27 bits per heavy atom. The summed E-state index contributed by atoms with van der Waals surface area (Å²) in [4.78, 5) is 0. The third-order valence-corrected chi connectivity index (χ3v) is 1.32. The van der Waals surface area contributed by atoms with Gasteiger partial charge in [-0.15, -0.1) is 0 Å². The van der Waals surface area contributed by atoms with Crippen molar-refractivity contribution in [2.45, 2.75) is 6.42 Å². The predicted octanol–water partition coefficient (Wildman–Crippen LogP) is 1.60. The summed E-state index contributed by atoms with van der Waals surface area (Å²) in [5.74, 6) is -0.657. The Bertz CT molecular complexity index is 303. The van der Waals surface area contributed by atoms with Gasteiger partial charge in [-0.1, -0.05) is 6.07 Å². The quantitative estimate of drug-likeness (QED) is 0.662. The van der Waals surface area contributed by atoms with Crippen LogP contribution in [0.1, 0.15) is 5.56 Å². The number of halogens is 1. The van der Waals surface area contributed by atoms with Gasteiger partial charge in [-0.05, 0) is 6.07 Å². The number of phenols is 1. The summed E-state index contributed by atoms with van der Waals surface area (Å²) >= 11 is 0. The molecule has 11 heavy (non-hydrogen) atoms. The van der Waals surface area contributed by atoms with Gasteiger partial charge in [0.05, 0.1) is 12.5 Å². The molecule has 3 heteroatoms. The second-order valence-electron chi connectivity index (χ2n) is 2.11. The van der Waals surface area contributed by atoms with E-state index in [0.29, 0.717) is 5.56 Å². The summed E-state index contributed by atoms with van der Waals surface area (Å²) in [6.07, 6.45) is 0.103. The van der Waals surface area contributed by atoms with E-state index in [-0.39, 0.29) is 12.2 Å². The minimum absolute atomic E-state index is 0.103. The highest BCUT2D eigenvalue weighted by atomic mass is 19.1. The molecule has 0 aliphatic heterocycles.